The van der Waals surface area contributed by atoms with Gasteiger partial charge in [-0.05, 0) is 31.5 Å². The first-order valence-corrected chi connectivity index (χ1v) is 9.61. The number of aryl methyl sites for hydroxylation is 2. The maximum Gasteiger partial charge on any atom is 0.254 e. The molecular formula is C18H19N3O2S2. The van der Waals surface area contributed by atoms with Gasteiger partial charge in [0, 0.05) is 23.7 Å². The predicted molar refractivity (Wildman–Crippen MR) is 101 cm³/mol. The Balaban J connectivity index is 1.87. The fraction of sp³-hybridized carbons (Fsp3) is 0.278. The lowest BCUT2D eigenvalue weighted by Crippen LogP contribution is -2.33. The first-order chi connectivity index (χ1) is 12.1. The van der Waals surface area contributed by atoms with Crippen LogP contribution >= 0.6 is 22.7 Å². The van der Waals surface area contributed by atoms with Crippen LogP contribution in [0.4, 0.5) is 0 Å². The first-order valence-electron chi connectivity index (χ1n) is 7.91. The zero-order valence-electron chi connectivity index (χ0n) is 14.1. The van der Waals surface area contributed by atoms with E-state index in [9.17, 15) is 9.90 Å². The third-order valence-corrected chi connectivity index (χ3v) is 5.63. The molecule has 3 aromatic rings. The summed E-state index contributed by atoms with van der Waals surface area (Å²) in [5.41, 5.74) is 2.57. The van der Waals surface area contributed by atoms with Gasteiger partial charge in [0.05, 0.1) is 28.7 Å². The fourth-order valence-corrected chi connectivity index (χ4v) is 4.19. The molecule has 0 saturated heterocycles. The monoisotopic (exact) mass is 373 g/mol. The summed E-state index contributed by atoms with van der Waals surface area (Å²) in [6.45, 7) is 4.56. The molecule has 5 nitrogen and oxygen atoms in total. The molecule has 0 fully saturated rings. The number of hydrogen-bond donors (Lipinski definition) is 1. The van der Waals surface area contributed by atoms with Crippen molar-refractivity contribution in [2.24, 2.45) is 0 Å². The van der Waals surface area contributed by atoms with Gasteiger partial charge in [0.25, 0.3) is 5.91 Å². The largest absolute Gasteiger partial charge is 0.395 e. The Hall–Kier alpha value is -2.09. The maximum atomic E-state index is 12.9. The number of rotatable bonds is 6. The molecule has 3 rings (SSSR count). The van der Waals surface area contributed by atoms with Crippen LogP contribution in [-0.2, 0) is 6.54 Å². The highest BCUT2D eigenvalue weighted by atomic mass is 32.1. The Bertz CT molecular complexity index is 859. The average Bonchev–Trinajstić information content (AvgIpc) is 3.23. The Morgan fingerprint density at radius 2 is 2.16 bits per heavy atom. The van der Waals surface area contributed by atoms with Gasteiger partial charge < -0.3 is 10.0 Å². The zero-order valence-corrected chi connectivity index (χ0v) is 15.7. The van der Waals surface area contributed by atoms with E-state index in [4.69, 9.17) is 0 Å². The Kier molecular flexibility index (Phi) is 5.57. The number of benzene rings is 1. The molecule has 0 aliphatic carbocycles. The number of thiazole rings is 2. The predicted octanol–water partition coefficient (Wildman–Crippen LogP) is 3.52. The summed E-state index contributed by atoms with van der Waals surface area (Å²) in [4.78, 5) is 24.3. The molecule has 2 heterocycles. The van der Waals surface area contributed by atoms with Gasteiger partial charge >= 0.3 is 0 Å². The van der Waals surface area contributed by atoms with Gasteiger partial charge in [-0.3, -0.25) is 4.79 Å². The lowest BCUT2D eigenvalue weighted by atomic mass is 10.1. The number of aliphatic hydroxyl groups excluding tert-OH is 1. The molecule has 0 saturated carbocycles. The number of carbonyl (C=O) groups excluding carboxylic acids is 1. The van der Waals surface area contributed by atoms with Crippen molar-refractivity contribution < 1.29 is 9.90 Å². The van der Waals surface area contributed by atoms with Crippen molar-refractivity contribution in [1.29, 1.82) is 0 Å². The zero-order chi connectivity index (χ0) is 17.8. The van der Waals surface area contributed by atoms with Gasteiger partial charge in [0.15, 0.2) is 0 Å². The Morgan fingerprint density at radius 1 is 1.32 bits per heavy atom. The second-order valence-electron chi connectivity index (χ2n) is 5.60. The van der Waals surface area contributed by atoms with E-state index in [2.05, 4.69) is 9.97 Å². The van der Waals surface area contributed by atoms with Crippen LogP contribution < -0.4 is 0 Å². The van der Waals surface area contributed by atoms with Crippen molar-refractivity contribution in [3.63, 3.8) is 0 Å². The van der Waals surface area contributed by atoms with Crippen LogP contribution in [-0.4, -0.2) is 39.0 Å². The van der Waals surface area contributed by atoms with Crippen molar-refractivity contribution in [2.45, 2.75) is 20.4 Å². The van der Waals surface area contributed by atoms with Crippen LogP contribution in [0.15, 0.2) is 35.8 Å². The smallest absolute Gasteiger partial charge is 0.254 e. The first kappa shape index (κ1) is 17.7. The van der Waals surface area contributed by atoms with Gasteiger partial charge in [-0.1, -0.05) is 12.1 Å². The summed E-state index contributed by atoms with van der Waals surface area (Å²) in [5, 5.41) is 13.1. The van der Waals surface area contributed by atoms with E-state index in [0.29, 0.717) is 12.1 Å². The quantitative estimate of drug-likeness (QED) is 0.718. The van der Waals surface area contributed by atoms with E-state index in [0.717, 1.165) is 26.1 Å². The lowest BCUT2D eigenvalue weighted by molar-refractivity contribution is 0.0707. The fourth-order valence-electron chi connectivity index (χ4n) is 2.64. The summed E-state index contributed by atoms with van der Waals surface area (Å²) < 4.78 is 0. The minimum atomic E-state index is -0.106. The SMILES string of the molecule is Cc1nc(C)c(-c2cccc(C(=O)N(CCO)Cc3nccs3)c2)s1. The normalized spacial score (nSPS) is 10.8. The van der Waals surface area contributed by atoms with Gasteiger partial charge in [0.2, 0.25) is 0 Å². The van der Waals surface area contributed by atoms with Gasteiger partial charge in [-0.25, -0.2) is 9.97 Å². The highest BCUT2D eigenvalue weighted by Crippen LogP contribution is 2.30. The van der Waals surface area contributed by atoms with Crippen LogP contribution in [0.25, 0.3) is 10.4 Å². The minimum absolute atomic E-state index is 0.0794. The van der Waals surface area contributed by atoms with E-state index in [1.807, 2.05) is 37.4 Å². The molecule has 130 valence electrons. The summed E-state index contributed by atoms with van der Waals surface area (Å²) in [6.07, 6.45) is 1.72. The van der Waals surface area contributed by atoms with Crippen molar-refractivity contribution in [3.05, 3.63) is 57.1 Å². The summed E-state index contributed by atoms with van der Waals surface area (Å²) in [5.74, 6) is -0.106. The highest BCUT2D eigenvalue weighted by molar-refractivity contribution is 7.15. The van der Waals surface area contributed by atoms with E-state index in [1.54, 1.807) is 28.5 Å². The molecule has 1 amide bonds. The average molecular weight is 374 g/mol. The number of amides is 1. The van der Waals surface area contributed by atoms with E-state index in [1.165, 1.54) is 11.3 Å². The van der Waals surface area contributed by atoms with Crippen LogP contribution in [0.2, 0.25) is 0 Å². The summed E-state index contributed by atoms with van der Waals surface area (Å²) in [6, 6.07) is 7.58. The molecule has 0 atom stereocenters. The molecule has 0 spiro atoms. The van der Waals surface area contributed by atoms with Gasteiger partial charge in [0.1, 0.15) is 5.01 Å². The second kappa shape index (κ2) is 7.86. The van der Waals surface area contributed by atoms with E-state index < -0.39 is 0 Å². The standard InChI is InChI=1S/C18H19N3O2S2/c1-12-17(25-13(2)20-12)14-4-3-5-15(10-14)18(23)21(7-8-22)11-16-19-6-9-24-16/h3-6,9-10,22H,7-8,11H2,1-2H3. The van der Waals surface area contributed by atoms with Crippen LogP contribution in [0.1, 0.15) is 26.1 Å². The third-order valence-electron chi connectivity index (χ3n) is 3.74. The van der Waals surface area contributed by atoms with Gasteiger partial charge in [-0.2, -0.15) is 0 Å². The number of aliphatic hydroxyl groups is 1. The molecule has 0 unspecified atom stereocenters. The van der Waals surface area contributed by atoms with E-state index >= 15 is 0 Å². The molecule has 0 aliphatic heterocycles. The summed E-state index contributed by atoms with van der Waals surface area (Å²) >= 11 is 3.13. The van der Waals surface area contributed by atoms with Crippen molar-refractivity contribution in [3.8, 4) is 10.4 Å². The second-order valence-corrected chi connectivity index (χ2v) is 7.79. The Morgan fingerprint density at radius 3 is 2.80 bits per heavy atom. The molecule has 25 heavy (non-hydrogen) atoms. The van der Waals surface area contributed by atoms with Crippen molar-refractivity contribution in [1.82, 2.24) is 14.9 Å². The topological polar surface area (TPSA) is 66.3 Å². The molecule has 0 bridgehead atoms. The Labute approximate surface area is 154 Å². The molecule has 7 heteroatoms. The van der Waals surface area contributed by atoms with Gasteiger partial charge in [-0.15, -0.1) is 22.7 Å². The van der Waals surface area contributed by atoms with Crippen LogP contribution in [0, 0.1) is 13.8 Å². The van der Waals surface area contributed by atoms with Crippen LogP contribution in [0.5, 0.6) is 0 Å². The summed E-state index contributed by atoms with van der Waals surface area (Å²) in [7, 11) is 0. The van der Waals surface area contributed by atoms with Crippen molar-refractivity contribution in [2.75, 3.05) is 13.2 Å². The third kappa shape index (κ3) is 4.12. The number of carbonyl (C=O) groups is 1. The highest BCUT2D eigenvalue weighted by Gasteiger charge is 2.18. The molecule has 0 radical (unpaired) electrons. The minimum Gasteiger partial charge on any atom is -0.395 e. The number of nitrogens with zero attached hydrogens (tertiary/aromatic N) is 3. The molecular weight excluding hydrogens is 354 g/mol. The van der Waals surface area contributed by atoms with E-state index in [-0.39, 0.29) is 19.1 Å². The van der Waals surface area contributed by atoms with Crippen LogP contribution in [0.3, 0.4) is 0 Å². The molecule has 1 N–H and O–H groups in total. The van der Waals surface area contributed by atoms with Crippen molar-refractivity contribution >= 4 is 28.6 Å². The molecule has 2 aromatic heterocycles. The lowest BCUT2D eigenvalue weighted by Gasteiger charge is -2.21. The maximum absolute atomic E-state index is 12.9. The molecule has 0 aliphatic rings. The number of aromatic nitrogens is 2. The molecule has 1 aromatic carbocycles. The number of hydrogen-bond acceptors (Lipinski definition) is 6.